The highest BCUT2D eigenvalue weighted by Crippen LogP contribution is 2.19. The van der Waals surface area contributed by atoms with E-state index in [-0.39, 0.29) is 11.1 Å². The van der Waals surface area contributed by atoms with E-state index in [4.69, 9.17) is 11.6 Å². The average molecular weight is 300 g/mol. The van der Waals surface area contributed by atoms with Crippen molar-refractivity contribution in [2.75, 3.05) is 5.32 Å². The highest BCUT2D eigenvalue weighted by atomic mass is 35.5. The van der Waals surface area contributed by atoms with Crippen LogP contribution in [0.5, 0.6) is 0 Å². The molecule has 0 aliphatic carbocycles. The molecule has 0 saturated heterocycles. The molecule has 0 aliphatic heterocycles. The number of carbonyl (C=O) groups is 1. The van der Waals surface area contributed by atoms with E-state index in [9.17, 15) is 9.18 Å². The first-order valence-electron chi connectivity index (χ1n) is 5.46. The van der Waals surface area contributed by atoms with Gasteiger partial charge in [-0.05, 0) is 25.1 Å². The lowest BCUT2D eigenvalue weighted by molar-refractivity contribution is 0.252. The summed E-state index contributed by atoms with van der Waals surface area (Å²) in [5.41, 5.74) is 0.435. The van der Waals surface area contributed by atoms with E-state index in [1.54, 1.807) is 6.20 Å². The summed E-state index contributed by atoms with van der Waals surface area (Å²) < 4.78 is 12.9. The Morgan fingerprint density at radius 1 is 1.53 bits per heavy atom. The maximum absolute atomic E-state index is 12.9. The molecule has 1 heterocycles. The molecule has 1 aromatic heterocycles. The zero-order valence-electron chi connectivity index (χ0n) is 10.0. The van der Waals surface area contributed by atoms with E-state index >= 15 is 0 Å². The van der Waals surface area contributed by atoms with Crippen molar-refractivity contribution in [1.29, 1.82) is 0 Å². The minimum atomic E-state index is -0.521. The predicted molar refractivity (Wildman–Crippen MR) is 74.1 cm³/mol. The smallest absolute Gasteiger partial charge is 0.319 e. The Labute approximate surface area is 118 Å². The molecular weight excluding hydrogens is 289 g/mol. The topological polar surface area (TPSA) is 54.0 Å². The quantitative estimate of drug-likeness (QED) is 0.910. The van der Waals surface area contributed by atoms with Gasteiger partial charge in [0.2, 0.25) is 0 Å². The second-order valence-electron chi connectivity index (χ2n) is 3.78. The first kappa shape index (κ1) is 13.8. The van der Waals surface area contributed by atoms with E-state index in [0.29, 0.717) is 12.2 Å². The van der Waals surface area contributed by atoms with Gasteiger partial charge in [0.25, 0.3) is 0 Å². The summed E-state index contributed by atoms with van der Waals surface area (Å²) in [4.78, 5) is 16.7. The van der Waals surface area contributed by atoms with Crippen molar-refractivity contribution in [3.63, 3.8) is 0 Å². The van der Waals surface area contributed by atoms with E-state index in [1.165, 1.54) is 29.5 Å². The zero-order chi connectivity index (χ0) is 13.8. The Balaban J connectivity index is 1.88. The molecule has 2 aromatic rings. The van der Waals surface area contributed by atoms with Crippen molar-refractivity contribution < 1.29 is 9.18 Å². The number of rotatable bonds is 3. The molecule has 0 aliphatic rings. The van der Waals surface area contributed by atoms with Crippen molar-refractivity contribution in [2.24, 2.45) is 0 Å². The number of anilines is 1. The summed E-state index contributed by atoms with van der Waals surface area (Å²) in [6.07, 6.45) is 1.72. The number of aromatic nitrogens is 1. The van der Waals surface area contributed by atoms with Gasteiger partial charge in [-0.3, -0.25) is 0 Å². The molecular formula is C12H11ClFN3OS. The third kappa shape index (κ3) is 3.90. The third-order valence-corrected chi connectivity index (χ3v) is 3.47. The van der Waals surface area contributed by atoms with Crippen molar-refractivity contribution in [3.05, 3.63) is 45.1 Å². The van der Waals surface area contributed by atoms with Crippen LogP contribution in [0.25, 0.3) is 0 Å². The Morgan fingerprint density at radius 2 is 2.32 bits per heavy atom. The number of hydrogen-bond acceptors (Lipinski definition) is 3. The molecule has 0 fully saturated rings. The average Bonchev–Trinajstić information content (AvgIpc) is 2.77. The number of nitrogens with zero attached hydrogens (tertiary/aromatic N) is 1. The van der Waals surface area contributed by atoms with Crippen molar-refractivity contribution in [3.8, 4) is 0 Å². The van der Waals surface area contributed by atoms with Crippen molar-refractivity contribution >= 4 is 34.7 Å². The number of amides is 2. The molecule has 0 spiro atoms. The highest BCUT2D eigenvalue weighted by Gasteiger charge is 2.05. The predicted octanol–water partition coefficient (Wildman–Crippen LogP) is 3.57. The van der Waals surface area contributed by atoms with Gasteiger partial charge in [0.15, 0.2) is 0 Å². The molecule has 2 N–H and O–H groups in total. The fraction of sp³-hybridized carbons (Fsp3) is 0.167. The molecule has 100 valence electrons. The number of benzene rings is 1. The molecule has 7 heteroatoms. The Bertz CT molecular complexity index is 602. The number of halogens is 2. The summed E-state index contributed by atoms with van der Waals surface area (Å²) >= 11 is 7.14. The fourth-order valence-corrected chi connectivity index (χ4v) is 2.32. The minimum absolute atomic E-state index is 0.0316. The molecule has 19 heavy (non-hydrogen) atoms. The molecule has 2 rings (SSSR count). The molecule has 0 saturated carbocycles. The molecule has 0 unspecified atom stereocenters. The summed E-state index contributed by atoms with van der Waals surface area (Å²) in [7, 11) is 0. The third-order valence-electron chi connectivity index (χ3n) is 2.27. The lowest BCUT2D eigenvalue weighted by atomic mass is 10.3. The fourth-order valence-electron chi connectivity index (χ4n) is 1.40. The van der Waals surface area contributed by atoms with Crippen molar-refractivity contribution in [1.82, 2.24) is 10.3 Å². The lowest BCUT2D eigenvalue weighted by Crippen LogP contribution is -2.27. The maximum atomic E-state index is 12.9. The van der Waals surface area contributed by atoms with Crippen LogP contribution in [0.2, 0.25) is 5.02 Å². The van der Waals surface area contributed by atoms with Gasteiger partial charge in [0, 0.05) is 16.8 Å². The van der Waals surface area contributed by atoms with Gasteiger partial charge in [-0.15, -0.1) is 11.3 Å². The van der Waals surface area contributed by atoms with Crippen LogP contribution in [0.1, 0.15) is 9.88 Å². The largest absolute Gasteiger partial charge is 0.333 e. The second-order valence-corrected chi connectivity index (χ2v) is 5.51. The summed E-state index contributed by atoms with van der Waals surface area (Å²) in [5.74, 6) is -0.521. The molecule has 2 amide bonds. The van der Waals surface area contributed by atoms with Gasteiger partial charge in [-0.2, -0.15) is 0 Å². The molecule has 0 radical (unpaired) electrons. The van der Waals surface area contributed by atoms with E-state index in [1.807, 2.05) is 6.92 Å². The molecule has 1 aromatic carbocycles. The lowest BCUT2D eigenvalue weighted by Gasteiger charge is -2.07. The number of carbonyl (C=O) groups excluding carboxylic acids is 1. The minimum Gasteiger partial charge on any atom is -0.333 e. The Morgan fingerprint density at radius 3 is 2.95 bits per heavy atom. The van der Waals surface area contributed by atoms with Gasteiger partial charge in [-0.25, -0.2) is 14.2 Å². The van der Waals surface area contributed by atoms with Crippen LogP contribution in [-0.2, 0) is 6.54 Å². The van der Waals surface area contributed by atoms with E-state index < -0.39 is 5.82 Å². The van der Waals surface area contributed by atoms with Crippen LogP contribution in [-0.4, -0.2) is 11.0 Å². The van der Waals surface area contributed by atoms with Crippen LogP contribution in [0.3, 0.4) is 0 Å². The monoisotopic (exact) mass is 299 g/mol. The van der Waals surface area contributed by atoms with Crippen LogP contribution < -0.4 is 10.6 Å². The van der Waals surface area contributed by atoms with E-state index in [0.717, 1.165) is 9.88 Å². The van der Waals surface area contributed by atoms with Gasteiger partial charge in [0.05, 0.1) is 16.6 Å². The molecule has 4 nitrogen and oxygen atoms in total. The normalized spacial score (nSPS) is 10.3. The standard InChI is InChI=1S/C12H11ClFN3OS/c1-7-15-5-9(19-7)6-16-12(18)17-8-2-3-11(14)10(13)4-8/h2-5H,6H2,1H3,(H2,16,17,18). The van der Waals surface area contributed by atoms with Crippen molar-refractivity contribution in [2.45, 2.75) is 13.5 Å². The summed E-state index contributed by atoms with van der Waals surface area (Å²) in [6.45, 7) is 2.29. The van der Waals surface area contributed by atoms with Gasteiger partial charge < -0.3 is 10.6 Å². The first-order chi connectivity index (χ1) is 9.04. The number of nitrogens with one attached hydrogen (secondary N) is 2. The van der Waals surface area contributed by atoms with Gasteiger partial charge in [0.1, 0.15) is 5.82 Å². The van der Waals surface area contributed by atoms with Crippen LogP contribution in [0.4, 0.5) is 14.9 Å². The van der Waals surface area contributed by atoms with Gasteiger partial charge >= 0.3 is 6.03 Å². The van der Waals surface area contributed by atoms with Gasteiger partial charge in [-0.1, -0.05) is 11.6 Å². The zero-order valence-corrected chi connectivity index (χ0v) is 11.6. The summed E-state index contributed by atoms with van der Waals surface area (Å²) in [5, 5.41) is 6.16. The number of urea groups is 1. The Hall–Kier alpha value is -1.66. The van der Waals surface area contributed by atoms with E-state index in [2.05, 4.69) is 15.6 Å². The second kappa shape index (κ2) is 5.99. The maximum Gasteiger partial charge on any atom is 0.319 e. The van der Waals surface area contributed by atoms with Crippen LogP contribution in [0.15, 0.2) is 24.4 Å². The van der Waals surface area contributed by atoms with Crippen LogP contribution in [0, 0.1) is 12.7 Å². The van der Waals surface area contributed by atoms with Crippen LogP contribution >= 0.6 is 22.9 Å². The number of thiazole rings is 1. The number of hydrogen-bond donors (Lipinski definition) is 2. The Kier molecular flexibility index (Phi) is 4.34. The molecule has 0 atom stereocenters. The number of aryl methyl sites for hydroxylation is 1. The first-order valence-corrected chi connectivity index (χ1v) is 6.65. The highest BCUT2D eigenvalue weighted by molar-refractivity contribution is 7.11. The SMILES string of the molecule is Cc1ncc(CNC(=O)Nc2ccc(F)c(Cl)c2)s1. The summed E-state index contributed by atoms with van der Waals surface area (Å²) in [6, 6.07) is 3.61. The molecule has 0 bridgehead atoms.